The molecule has 1 aromatic heterocycles. The Labute approximate surface area is 181 Å². The molecule has 0 radical (unpaired) electrons. The van der Waals surface area contributed by atoms with E-state index >= 15 is 0 Å². The van der Waals surface area contributed by atoms with Gasteiger partial charge in [0.2, 0.25) is 12.2 Å². The molecule has 0 saturated carbocycles. The zero-order chi connectivity index (χ0) is 23.3. The normalized spacial score (nSPS) is 12.3. The summed E-state index contributed by atoms with van der Waals surface area (Å²) in [7, 11) is 0. The van der Waals surface area contributed by atoms with Crippen LogP contribution < -0.4 is 17.1 Å². The quantitative estimate of drug-likeness (QED) is 0.448. The van der Waals surface area contributed by atoms with Crippen molar-refractivity contribution in [1.82, 2.24) is 14.1 Å². The standard InChI is InChI=1S/C22H19N5O5/c1-3-19(24-13-29)16-7-5-9-18(11-16)27-21(31)25-20(30)26(22(27)32)17-8-4-6-15(10-17)14(2)23-12-28/h4-11,14,19H,3H2,1-2H3,(H,25,30,31). The number of H-pyrrole nitrogens is 1. The van der Waals surface area contributed by atoms with E-state index in [0.29, 0.717) is 17.5 Å². The van der Waals surface area contributed by atoms with Crippen LogP contribution in [0.2, 0.25) is 0 Å². The number of isocyanates is 2. The minimum absolute atomic E-state index is 0.198. The van der Waals surface area contributed by atoms with Gasteiger partial charge in [-0.05, 0) is 48.7 Å². The molecule has 10 nitrogen and oxygen atoms in total. The lowest BCUT2D eigenvalue weighted by atomic mass is 10.0. The number of nitrogens with one attached hydrogen (secondary N) is 1. The summed E-state index contributed by atoms with van der Waals surface area (Å²) in [6, 6.07) is 11.7. The van der Waals surface area contributed by atoms with Crippen molar-refractivity contribution in [2.45, 2.75) is 32.4 Å². The molecular weight excluding hydrogens is 414 g/mol. The second kappa shape index (κ2) is 9.61. The SMILES string of the molecule is CCC(N=C=O)c1cccc(-n2c(=O)[nH]c(=O)n(-c3cccc(C(C)N=C=O)c3)c2=O)c1. The lowest BCUT2D eigenvalue weighted by molar-refractivity contribution is 0.555. The van der Waals surface area contributed by atoms with Crippen LogP contribution in [0.25, 0.3) is 11.4 Å². The van der Waals surface area contributed by atoms with Crippen LogP contribution in [0.3, 0.4) is 0 Å². The molecule has 0 bridgehead atoms. The third-order valence-electron chi connectivity index (χ3n) is 4.97. The fourth-order valence-corrected chi connectivity index (χ4v) is 3.35. The Bertz CT molecular complexity index is 1420. The number of aromatic nitrogens is 3. The highest BCUT2D eigenvalue weighted by atomic mass is 16.2. The maximum absolute atomic E-state index is 13.2. The minimum Gasteiger partial charge on any atom is -0.258 e. The number of hydrogen-bond donors (Lipinski definition) is 1. The highest BCUT2D eigenvalue weighted by Gasteiger charge is 2.16. The van der Waals surface area contributed by atoms with Crippen molar-refractivity contribution < 1.29 is 9.59 Å². The number of hydrogen-bond acceptors (Lipinski definition) is 7. The highest BCUT2D eigenvalue weighted by molar-refractivity contribution is 5.42. The summed E-state index contributed by atoms with van der Waals surface area (Å²) in [5, 5.41) is 0. The second-order valence-corrected chi connectivity index (χ2v) is 6.92. The van der Waals surface area contributed by atoms with E-state index in [4.69, 9.17) is 0 Å². The highest BCUT2D eigenvalue weighted by Crippen LogP contribution is 2.22. The average Bonchev–Trinajstić information content (AvgIpc) is 2.77. The molecule has 2 aromatic carbocycles. The molecule has 2 unspecified atom stereocenters. The predicted molar refractivity (Wildman–Crippen MR) is 116 cm³/mol. The first-order chi connectivity index (χ1) is 15.4. The monoisotopic (exact) mass is 433 g/mol. The molecule has 162 valence electrons. The Kier molecular flexibility index (Phi) is 6.70. The van der Waals surface area contributed by atoms with Gasteiger partial charge in [0.25, 0.3) is 0 Å². The molecule has 1 N–H and O–H groups in total. The van der Waals surface area contributed by atoms with Crippen molar-refractivity contribution in [3.8, 4) is 11.4 Å². The summed E-state index contributed by atoms with van der Waals surface area (Å²) in [5.41, 5.74) is -1.11. The van der Waals surface area contributed by atoms with Gasteiger partial charge in [-0.25, -0.2) is 33.1 Å². The first kappa shape index (κ1) is 22.3. The zero-order valence-electron chi connectivity index (χ0n) is 17.3. The largest absolute Gasteiger partial charge is 0.345 e. The first-order valence-corrected chi connectivity index (χ1v) is 9.74. The van der Waals surface area contributed by atoms with E-state index in [0.717, 1.165) is 9.13 Å². The number of benzene rings is 2. The molecule has 32 heavy (non-hydrogen) atoms. The average molecular weight is 433 g/mol. The molecule has 3 rings (SSSR count). The van der Waals surface area contributed by atoms with Gasteiger partial charge < -0.3 is 0 Å². The lowest BCUT2D eigenvalue weighted by Crippen LogP contribution is -2.48. The van der Waals surface area contributed by atoms with Crippen LogP contribution in [0.1, 0.15) is 43.5 Å². The molecule has 0 spiro atoms. The second-order valence-electron chi connectivity index (χ2n) is 6.92. The van der Waals surface area contributed by atoms with Crippen molar-refractivity contribution in [2.24, 2.45) is 9.98 Å². The van der Waals surface area contributed by atoms with Crippen LogP contribution in [0.15, 0.2) is 72.9 Å². The van der Waals surface area contributed by atoms with Gasteiger partial charge >= 0.3 is 17.1 Å². The third-order valence-corrected chi connectivity index (χ3v) is 4.97. The van der Waals surface area contributed by atoms with Gasteiger partial charge in [0.15, 0.2) is 0 Å². The van der Waals surface area contributed by atoms with Gasteiger partial charge in [-0.3, -0.25) is 4.98 Å². The van der Waals surface area contributed by atoms with Crippen LogP contribution in [-0.2, 0) is 9.59 Å². The first-order valence-electron chi connectivity index (χ1n) is 9.74. The molecule has 2 atom stereocenters. The topological polar surface area (TPSA) is 136 Å². The Hall–Kier alpha value is -4.39. The van der Waals surface area contributed by atoms with E-state index in [-0.39, 0.29) is 11.4 Å². The third kappa shape index (κ3) is 4.37. The Morgan fingerprint density at radius 2 is 1.41 bits per heavy atom. The van der Waals surface area contributed by atoms with Crippen LogP contribution in [0.4, 0.5) is 0 Å². The van der Waals surface area contributed by atoms with Gasteiger partial charge in [0.05, 0.1) is 23.5 Å². The smallest absolute Gasteiger partial charge is 0.258 e. The fourth-order valence-electron chi connectivity index (χ4n) is 3.35. The number of aliphatic imine (C=N–C) groups is 2. The van der Waals surface area contributed by atoms with E-state index in [1.165, 1.54) is 30.4 Å². The maximum atomic E-state index is 13.2. The van der Waals surface area contributed by atoms with Crippen LogP contribution in [0, 0.1) is 0 Å². The van der Waals surface area contributed by atoms with Crippen LogP contribution >= 0.6 is 0 Å². The predicted octanol–water partition coefficient (Wildman–Crippen LogP) is 1.86. The summed E-state index contributed by atoms with van der Waals surface area (Å²) < 4.78 is 1.64. The molecule has 0 aliphatic carbocycles. The van der Waals surface area contributed by atoms with E-state index in [2.05, 4.69) is 15.0 Å². The van der Waals surface area contributed by atoms with Crippen molar-refractivity contribution in [1.29, 1.82) is 0 Å². The van der Waals surface area contributed by atoms with Crippen molar-refractivity contribution >= 4 is 12.2 Å². The van der Waals surface area contributed by atoms with Gasteiger partial charge in [-0.2, -0.15) is 9.98 Å². The molecule has 0 fully saturated rings. The van der Waals surface area contributed by atoms with Crippen molar-refractivity contribution in [3.05, 3.63) is 91.1 Å². The number of carbonyl (C=O) groups excluding carboxylic acids is 2. The molecular formula is C22H19N5O5. The van der Waals surface area contributed by atoms with E-state index < -0.39 is 29.2 Å². The number of nitrogens with zero attached hydrogens (tertiary/aromatic N) is 4. The molecule has 0 saturated heterocycles. The van der Waals surface area contributed by atoms with E-state index in [1.807, 2.05) is 6.92 Å². The summed E-state index contributed by atoms with van der Waals surface area (Å²) in [5.74, 6) is 0. The molecule has 1 heterocycles. The Morgan fingerprint density at radius 3 is 1.94 bits per heavy atom. The summed E-state index contributed by atoms with van der Waals surface area (Å²) >= 11 is 0. The summed E-state index contributed by atoms with van der Waals surface area (Å²) in [4.78, 5) is 69.1. The van der Waals surface area contributed by atoms with E-state index in [1.54, 1.807) is 37.3 Å². The van der Waals surface area contributed by atoms with Crippen LogP contribution in [0.5, 0.6) is 0 Å². The van der Waals surface area contributed by atoms with Crippen molar-refractivity contribution in [3.63, 3.8) is 0 Å². The lowest BCUT2D eigenvalue weighted by Gasteiger charge is -2.13. The number of aromatic amines is 1. The molecule has 0 aliphatic rings. The van der Waals surface area contributed by atoms with E-state index in [9.17, 15) is 24.0 Å². The maximum Gasteiger partial charge on any atom is 0.345 e. The van der Waals surface area contributed by atoms with Crippen molar-refractivity contribution in [2.75, 3.05) is 0 Å². The van der Waals surface area contributed by atoms with Crippen LogP contribution in [-0.4, -0.2) is 26.3 Å². The Balaban J connectivity index is 2.22. The number of rotatable bonds is 7. The summed E-state index contributed by atoms with van der Waals surface area (Å²) in [6.07, 6.45) is 3.51. The fraction of sp³-hybridized carbons (Fsp3) is 0.227. The van der Waals surface area contributed by atoms with Gasteiger partial charge in [0, 0.05) is 0 Å². The summed E-state index contributed by atoms with van der Waals surface area (Å²) in [6.45, 7) is 3.50. The van der Waals surface area contributed by atoms with Gasteiger partial charge in [0.1, 0.15) is 0 Å². The van der Waals surface area contributed by atoms with Gasteiger partial charge in [-0.15, -0.1) is 0 Å². The molecule has 0 aliphatic heterocycles. The zero-order valence-corrected chi connectivity index (χ0v) is 17.3. The molecule has 0 amide bonds. The Morgan fingerprint density at radius 1 is 0.875 bits per heavy atom. The molecule has 10 heteroatoms. The molecule has 3 aromatic rings. The minimum atomic E-state index is -0.909. The van der Waals surface area contributed by atoms with Gasteiger partial charge in [-0.1, -0.05) is 31.2 Å².